The molecule has 9 heteroatoms. The van der Waals surface area contributed by atoms with Crippen LogP contribution >= 0.6 is 11.6 Å². The van der Waals surface area contributed by atoms with E-state index in [4.69, 9.17) is 11.6 Å². The maximum atomic E-state index is 12.8. The van der Waals surface area contributed by atoms with E-state index in [-0.39, 0.29) is 6.04 Å². The number of amides is 1. The van der Waals surface area contributed by atoms with Gasteiger partial charge in [-0.15, -0.1) is 0 Å². The molecule has 0 aliphatic carbocycles. The molecule has 1 aliphatic rings. The first-order chi connectivity index (χ1) is 13.7. The van der Waals surface area contributed by atoms with Gasteiger partial charge >= 0.3 is 6.18 Å². The summed E-state index contributed by atoms with van der Waals surface area (Å²) in [4.78, 5) is 26.3. The highest BCUT2D eigenvalue weighted by Crippen LogP contribution is 2.28. The van der Waals surface area contributed by atoms with E-state index in [1.165, 1.54) is 0 Å². The van der Waals surface area contributed by atoms with E-state index >= 15 is 0 Å². The van der Waals surface area contributed by atoms with Gasteiger partial charge < -0.3 is 9.88 Å². The number of hydrogen-bond donors (Lipinski definition) is 1. The standard InChI is InChI=1S/C20H21ClF3N3O2/c21-16-4-1-14(2-5-16)11-26-9-7-17(8-10-26)25-18(28)13-27-12-15(20(22,23)24)3-6-19(27)29/h1-6,12,17H,7-11,13H2,(H,25,28). The third-order valence-corrected chi connectivity index (χ3v) is 5.15. The number of rotatable bonds is 5. The Labute approximate surface area is 171 Å². The molecular formula is C20H21ClF3N3O2. The van der Waals surface area contributed by atoms with Crippen molar-refractivity contribution < 1.29 is 18.0 Å². The van der Waals surface area contributed by atoms with E-state index in [2.05, 4.69) is 10.2 Å². The van der Waals surface area contributed by atoms with Crippen LogP contribution in [0.15, 0.2) is 47.4 Å². The summed E-state index contributed by atoms with van der Waals surface area (Å²) in [5, 5.41) is 3.51. The minimum Gasteiger partial charge on any atom is -0.352 e. The molecule has 0 radical (unpaired) electrons. The van der Waals surface area contributed by atoms with Crippen molar-refractivity contribution in [1.82, 2.24) is 14.8 Å². The first kappa shape index (κ1) is 21.4. The molecule has 0 unspecified atom stereocenters. The van der Waals surface area contributed by atoms with Gasteiger partial charge in [0.2, 0.25) is 5.91 Å². The number of benzene rings is 1. The lowest BCUT2D eigenvalue weighted by atomic mass is 10.0. The average molecular weight is 428 g/mol. The van der Waals surface area contributed by atoms with Crippen LogP contribution in [0.1, 0.15) is 24.0 Å². The molecule has 1 aliphatic heterocycles. The van der Waals surface area contributed by atoms with Gasteiger partial charge in [0, 0.05) is 43.0 Å². The number of aromatic nitrogens is 1. The van der Waals surface area contributed by atoms with E-state index < -0.39 is 29.8 Å². The predicted molar refractivity (Wildman–Crippen MR) is 104 cm³/mol. The minimum absolute atomic E-state index is 0.0644. The molecule has 0 bridgehead atoms. The number of pyridine rings is 1. The van der Waals surface area contributed by atoms with Gasteiger partial charge in [0.15, 0.2) is 0 Å². The van der Waals surface area contributed by atoms with E-state index in [1.54, 1.807) is 0 Å². The molecular weight excluding hydrogens is 407 g/mol. The summed E-state index contributed by atoms with van der Waals surface area (Å²) >= 11 is 5.89. The number of hydrogen-bond acceptors (Lipinski definition) is 3. The Morgan fingerprint density at radius 1 is 1.10 bits per heavy atom. The summed E-state index contributed by atoms with van der Waals surface area (Å²) in [5.41, 5.74) is -0.452. The van der Waals surface area contributed by atoms with E-state index in [1.807, 2.05) is 24.3 Å². The molecule has 29 heavy (non-hydrogen) atoms. The Kier molecular flexibility index (Phi) is 6.64. The number of nitrogens with one attached hydrogen (secondary N) is 1. The SMILES string of the molecule is O=C(Cn1cc(C(F)(F)F)ccc1=O)NC1CCN(Cc2ccc(Cl)cc2)CC1. The first-order valence-electron chi connectivity index (χ1n) is 9.24. The van der Waals surface area contributed by atoms with Crippen molar-refractivity contribution >= 4 is 17.5 Å². The van der Waals surface area contributed by atoms with Crippen molar-refractivity contribution in [3.8, 4) is 0 Å². The van der Waals surface area contributed by atoms with Crippen LogP contribution in [-0.4, -0.2) is 34.5 Å². The Morgan fingerprint density at radius 2 is 1.76 bits per heavy atom. The van der Waals surface area contributed by atoms with Crippen molar-refractivity contribution in [2.24, 2.45) is 0 Å². The lowest BCUT2D eigenvalue weighted by Crippen LogP contribution is -2.45. The van der Waals surface area contributed by atoms with E-state index in [0.717, 1.165) is 48.7 Å². The lowest BCUT2D eigenvalue weighted by molar-refractivity contribution is -0.138. The third kappa shape index (κ3) is 6.08. The molecule has 1 aromatic heterocycles. The minimum atomic E-state index is -4.57. The summed E-state index contributed by atoms with van der Waals surface area (Å²) in [6, 6.07) is 9.12. The number of carbonyl (C=O) groups is 1. The van der Waals surface area contributed by atoms with E-state index in [9.17, 15) is 22.8 Å². The lowest BCUT2D eigenvalue weighted by Gasteiger charge is -2.32. The van der Waals surface area contributed by atoms with Crippen LogP contribution < -0.4 is 10.9 Å². The number of piperidine rings is 1. The van der Waals surface area contributed by atoms with Crippen LogP contribution in [0.25, 0.3) is 0 Å². The Bertz CT molecular complexity index is 904. The molecule has 0 atom stereocenters. The van der Waals surface area contributed by atoms with Crippen LogP contribution in [0.2, 0.25) is 5.02 Å². The van der Waals surface area contributed by atoms with Crippen LogP contribution in [0.5, 0.6) is 0 Å². The second-order valence-electron chi connectivity index (χ2n) is 7.13. The molecule has 1 N–H and O–H groups in total. The van der Waals surface area contributed by atoms with Crippen molar-refractivity contribution in [2.45, 2.75) is 38.1 Å². The maximum absolute atomic E-state index is 12.8. The number of nitrogens with zero attached hydrogens (tertiary/aromatic N) is 2. The molecule has 156 valence electrons. The molecule has 3 rings (SSSR count). The summed E-state index contributed by atoms with van der Waals surface area (Å²) in [7, 11) is 0. The van der Waals surface area contributed by atoms with Gasteiger partial charge in [-0.3, -0.25) is 14.5 Å². The fourth-order valence-electron chi connectivity index (χ4n) is 3.33. The van der Waals surface area contributed by atoms with Gasteiger partial charge in [-0.1, -0.05) is 23.7 Å². The van der Waals surface area contributed by atoms with Gasteiger partial charge in [0.25, 0.3) is 5.56 Å². The molecule has 1 aromatic carbocycles. The zero-order valence-corrected chi connectivity index (χ0v) is 16.3. The summed E-state index contributed by atoms with van der Waals surface area (Å²) in [5.74, 6) is -0.470. The quantitative estimate of drug-likeness (QED) is 0.796. The largest absolute Gasteiger partial charge is 0.417 e. The van der Waals surface area contributed by atoms with Gasteiger partial charge in [0.05, 0.1) is 5.56 Å². The van der Waals surface area contributed by atoms with Gasteiger partial charge in [0.1, 0.15) is 6.54 Å². The van der Waals surface area contributed by atoms with Crippen LogP contribution in [0.4, 0.5) is 13.2 Å². The topological polar surface area (TPSA) is 54.3 Å². The highest BCUT2D eigenvalue weighted by molar-refractivity contribution is 6.30. The van der Waals surface area contributed by atoms with Crippen LogP contribution in [0.3, 0.4) is 0 Å². The normalized spacial score (nSPS) is 16.0. The molecule has 2 heterocycles. The fourth-order valence-corrected chi connectivity index (χ4v) is 3.46. The highest BCUT2D eigenvalue weighted by Gasteiger charge is 2.31. The second kappa shape index (κ2) is 9.00. The smallest absolute Gasteiger partial charge is 0.352 e. The summed E-state index contributed by atoms with van der Waals surface area (Å²) in [6.45, 7) is 1.93. The monoisotopic (exact) mass is 427 g/mol. The predicted octanol–water partition coefficient (Wildman–Crippen LogP) is 3.30. The molecule has 1 amide bonds. The van der Waals surface area contributed by atoms with Crippen molar-refractivity contribution in [3.05, 3.63) is 69.1 Å². The number of likely N-dealkylation sites (tertiary alicyclic amines) is 1. The molecule has 1 saturated heterocycles. The van der Waals surface area contributed by atoms with Gasteiger partial charge in [-0.25, -0.2) is 0 Å². The molecule has 1 fully saturated rings. The Morgan fingerprint density at radius 3 is 2.38 bits per heavy atom. The molecule has 0 saturated carbocycles. The number of alkyl halides is 3. The van der Waals surface area contributed by atoms with Crippen LogP contribution in [-0.2, 0) is 24.1 Å². The molecule has 0 spiro atoms. The van der Waals surface area contributed by atoms with Gasteiger partial charge in [-0.05, 0) is 36.6 Å². The Hall–Kier alpha value is -2.32. The van der Waals surface area contributed by atoms with Crippen LogP contribution in [0, 0.1) is 0 Å². The van der Waals surface area contributed by atoms with Crippen molar-refractivity contribution in [1.29, 1.82) is 0 Å². The third-order valence-electron chi connectivity index (χ3n) is 4.90. The van der Waals surface area contributed by atoms with Crippen molar-refractivity contribution in [3.63, 3.8) is 0 Å². The zero-order chi connectivity index (χ0) is 21.0. The average Bonchev–Trinajstić information content (AvgIpc) is 2.66. The fraction of sp³-hybridized carbons (Fsp3) is 0.400. The Balaban J connectivity index is 1.50. The number of carbonyl (C=O) groups excluding carboxylic acids is 1. The van der Waals surface area contributed by atoms with Crippen molar-refractivity contribution in [2.75, 3.05) is 13.1 Å². The first-order valence-corrected chi connectivity index (χ1v) is 9.62. The summed E-state index contributed by atoms with van der Waals surface area (Å²) in [6.07, 6.45) is -2.42. The van der Waals surface area contributed by atoms with E-state index in [0.29, 0.717) is 17.3 Å². The summed E-state index contributed by atoms with van der Waals surface area (Å²) < 4.78 is 39.2. The maximum Gasteiger partial charge on any atom is 0.417 e. The number of halogens is 4. The highest BCUT2D eigenvalue weighted by atomic mass is 35.5. The molecule has 2 aromatic rings. The molecule has 5 nitrogen and oxygen atoms in total. The zero-order valence-electron chi connectivity index (χ0n) is 15.6. The van der Waals surface area contributed by atoms with Gasteiger partial charge in [-0.2, -0.15) is 13.2 Å². The second-order valence-corrected chi connectivity index (χ2v) is 7.56.